The van der Waals surface area contributed by atoms with Gasteiger partial charge in [-0.25, -0.2) is 4.79 Å². The highest BCUT2D eigenvalue weighted by atomic mass is 16.5. The Kier molecular flexibility index (Phi) is 5.16. The first kappa shape index (κ1) is 17.9. The minimum atomic E-state index is -0.592. The molecule has 0 heterocycles. The van der Waals surface area contributed by atoms with Crippen LogP contribution in [0.5, 0.6) is 0 Å². The molecule has 1 aliphatic carbocycles. The van der Waals surface area contributed by atoms with E-state index in [1.807, 2.05) is 26.0 Å². The van der Waals surface area contributed by atoms with E-state index in [0.29, 0.717) is 16.8 Å². The summed E-state index contributed by atoms with van der Waals surface area (Å²) in [5.41, 5.74) is 3.23. The van der Waals surface area contributed by atoms with Gasteiger partial charge in [0.1, 0.15) is 0 Å². The number of carbonyl (C=O) groups excluding carboxylic acids is 3. The Balaban J connectivity index is 1.61. The monoisotopic (exact) mass is 351 g/mol. The number of Topliss-reactive ketones (excluding diaryl/α,β-unsaturated/α-hetero) is 1. The van der Waals surface area contributed by atoms with Crippen LogP contribution in [-0.2, 0) is 9.53 Å². The lowest BCUT2D eigenvalue weighted by Crippen LogP contribution is -2.16. The molecule has 134 valence electrons. The summed E-state index contributed by atoms with van der Waals surface area (Å²) in [7, 11) is 0. The highest BCUT2D eigenvalue weighted by molar-refractivity contribution is 6.01. The lowest BCUT2D eigenvalue weighted by atomic mass is 10.0. The summed E-state index contributed by atoms with van der Waals surface area (Å²) in [6.45, 7) is 3.44. The fourth-order valence-corrected chi connectivity index (χ4v) is 2.64. The van der Waals surface area contributed by atoms with E-state index in [0.717, 1.165) is 24.0 Å². The molecule has 5 heteroatoms. The Morgan fingerprint density at radius 1 is 1.08 bits per heavy atom. The molecule has 0 saturated heterocycles. The largest absolute Gasteiger partial charge is 0.454 e. The maximum absolute atomic E-state index is 12.3. The van der Waals surface area contributed by atoms with E-state index in [4.69, 9.17) is 4.74 Å². The Morgan fingerprint density at radius 3 is 2.58 bits per heavy atom. The van der Waals surface area contributed by atoms with Crippen LogP contribution < -0.4 is 5.32 Å². The number of benzene rings is 2. The van der Waals surface area contributed by atoms with Crippen molar-refractivity contribution in [1.29, 1.82) is 0 Å². The predicted molar refractivity (Wildman–Crippen MR) is 98.3 cm³/mol. The summed E-state index contributed by atoms with van der Waals surface area (Å²) in [5.74, 6) is -0.773. The van der Waals surface area contributed by atoms with Crippen molar-refractivity contribution < 1.29 is 19.1 Å². The van der Waals surface area contributed by atoms with Gasteiger partial charge in [-0.1, -0.05) is 23.8 Å². The van der Waals surface area contributed by atoms with Crippen molar-refractivity contribution in [3.05, 3.63) is 64.7 Å². The molecular formula is C21H21NO4. The van der Waals surface area contributed by atoms with Crippen LogP contribution in [0.2, 0.25) is 0 Å². The topological polar surface area (TPSA) is 72.5 Å². The van der Waals surface area contributed by atoms with E-state index in [1.165, 1.54) is 0 Å². The molecule has 0 unspecified atom stereocenters. The second-order valence-corrected chi connectivity index (χ2v) is 6.66. The number of hydrogen-bond acceptors (Lipinski definition) is 4. The van der Waals surface area contributed by atoms with Crippen molar-refractivity contribution in [1.82, 2.24) is 0 Å². The van der Waals surface area contributed by atoms with Crippen molar-refractivity contribution in [2.75, 3.05) is 11.9 Å². The molecule has 0 spiro atoms. The first-order chi connectivity index (χ1) is 12.4. The molecule has 1 saturated carbocycles. The van der Waals surface area contributed by atoms with Crippen molar-refractivity contribution in [2.45, 2.75) is 26.7 Å². The molecule has 3 rings (SSSR count). The van der Waals surface area contributed by atoms with E-state index >= 15 is 0 Å². The minimum Gasteiger partial charge on any atom is -0.454 e. The Bertz CT molecular complexity index is 868. The zero-order chi connectivity index (χ0) is 18.7. The molecule has 0 aliphatic heterocycles. The van der Waals surface area contributed by atoms with E-state index in [-0.39, 0.29) is 24.2 Å². The van der Waals surface area contributed by atoms with Crippen LogP contribution in [-0.4, -0.2) is 24.3 Å². The number of nitrogens with one attached hydrogen (secondary N) is 1. The fraction of sp³-hybridized carbons (Fsp3) is 0.286. The molecule has 1 fully saturated rings. The quantitative estimate of drug-likeness (QED) is 0.636. The molecule has 2 aromatic rings. The van der Waals surface area contributed by atoms with Gasteiger partial charge in [0.15, 0.2) is 6.61 Å². The van der Waals surface area contributed by atoms with Crippen LogP contribution in [0, 0.1) is 19.8 Å². The SMILES string of the molecule is Cc1ccc(C)c(C(=O)COC(=O)c2cccc(NC(=O)C3CC3)c2)c1. The molecule has 1 amide bonds. The molecule has 2 aromatic carbocycles. The molecule has 1 aliphatic rings. The molecule has 0 radical (unpaired) electrons. The van der Waals surface area contributed by atoms with Crippen LogP contribution in [0.3, 0.4) is 0 Å². The van der Waals surface area contributed by atoms with E-state index in [9.17, 15) is 14.4 Å². The second-order valence-electron chi connectivity index (χ2n) is 6.66. The molecule has 0 atom stereocenters. The number of hydrogen-bond donors (Lipinski definition) is 1. The van der Waals surface area contributed by atoms with E-state index < -0.39 is 5.97 Å². The first-order valence-corrected chi connectivity index (χ1v) is 8.62. The molecule has 26 heavy (non-hydrogen) atoms. The van der Waals surface area contributed by atoms with Gasteiger partial charge in [0, 0.05) is 17.2 Å². The molecule has 0 aromatic heterocycles. The summed E-state index contributed by atoms with van der Waals surface area (Å²) in [6, 6.07) is 12.1. The molecule has 1 N–H and O–H groups in total. The highest BCUT2D eigenvalue weighted by Gasteiger charge is 2.29. The second kappa shape index (κ2) is 7.52. The maximum Gasteiger partial charge on any atom is 0.338 e. The number of esters is 1. The summed E-state index contributed by atoms with van der Waals surface area (Å²) < 4.78 is 5.16. The van der Waals surface area contributed by atoms with Crippen molar-refractivity contribution in [2.24, 2.45) is 5.92 Å². The lowest BCUT2D eigenvalue weighted by Gasteiger charge is -2.09. The normalized spacial score (nSPS) is 13.2. The molecule has 0 bridgehead atoms. The Hall–Kier alpha value is -2.95. The van der Waals surface area contributed by atoms with Gasteiger partial charge in [-0.15, -0.1) is 0 Å². The number of anilines is 1. The van der Waals surface area contributed by atoms with Gasteiger partial charge in [0.2, 0.25) is 11.7 Å². The van der Waals surface area contributed by atoms with Gasteiger partial charge in [-0.2, -0.15) is 0 Å². The van der Waals surface area contributed by atoms with Crippen LogP contribution >= 0.6 is 0 Å². The van der Waals surface area contributed by atoms with Gasteiger partial charge in [0.25, 0.3) is 0 Å². The molecular weight excluding hydrogens is 330 g/mol. The lowest BCUT2D eigenvalue weighted by molar-refractivity contribution is -0.117. The van der Waals surface area contributed by atoms with Crippen LogP contribution in [0.4, 0.5) is 5.69 Å². The predicted octanol–water partition coefficient (Wildman–Crippen LogP) is 3.69. The Morgan fingerprint density at radius 2 is 1.85 bits per heavy atom. The van der Waals surface area contributed by atoms with Crippen LogP contribution in [0.25, 0.3) is 0 Å². The number of rotatable bonds is 6. The van der Waals surface area contributed by atoms with Gasteiger partial charge in [-0.3, -0.25) is 9.59 Å². The summed E-state index contributed by atoms with van der Waals surface area (Å²) >= 11 is 0. The third-order valence-corrected chi connectivity index (χ3v) is 4.34. The number of amides is 1. The highest BCUT2D eigenvalue weighted by Crippen LogP contribution is 2.30. The van der Waals surface area contributed by atoms with Crippen LogP contribution in [0.15, 0.2) is 42.5 Å². The van der Waals surface area contributed by atoms with E-state index in [2.05, 4.69) is 5.32 Å². The maximum atomic E-state index is 12.3. The van der Waals surface area contributed by atoms with Crippen LogP contribution in [0.1, 0.15) is 44.7 Å². The summed E-state index contributed by atoms with van der Waals surface area (Å²) in [5, 5.41) is 2.79. The number of aryl methyl sites for hydroxylation is 2. The number of carbonyl (C=O) groups is 3. The fourth-order valence-electron chi connectivity index (χ4n) is 2.64. The summed E-state index contributed by atoms with van der Waals surface area (Å²) in [4.78, 5) is 36.4. The third-order valence-electron chi connectivity index (χ3n) is 4.34. The van der Waals surface area contributed by atoms with Gasteiger partial charge in [-0.05, 0) is 56.5 Å². The van der Waals surface area contributed by atoms with Gasteiger partial charge < -0.3 is 10.1 Å². The van der Waals surface area contributed by atoms with Gasteiger partial charge in [0.05, 0.1) is 5.56 Å². The zero-order valence-corrected chi connectivity index (χ0v) is 14.9. The summed E-state index contributed by atoms with van der Waals surface area (Å²) in [6.07, 6.45) is 1.82. The first-order valence-electron chi connectivity index (χ1n) is 8.62. The van der Waals surface area contributed by atoms with Gasteiger partial charge >= 0.3 is 5.97 Å². The standard InChI is InChI=1S/C21H21NO4/c1-13-6-7-14(2)18(10-13)19(23)12-26-21(25)16-4-3-5-17(11-16)22-20(24)15-8-9-15/h3-7,10-11,15H,8-9,12H2,1-2H3,(H,22,24). The zero-order valence-electron chi connectivity index (χ0n) is 14.9. The average molecular weight is 351 g/mol. The Labute approximate surface area is 152 Å². The molecule has 5 nitrogen and oxygen atoms in total. The minimum absolute atomic E-state index is 0.0272. The third kappa shape index (κ3) is 4.36. The van der Waals surface area contributed by atoms with Crippen molar-refractivity contribution >= 4 is 23.3 Å². The number of ether oxygens (including phenoxy) is 1. The average Bonchev–Trinajstić information content (AvgIpc) is 3.47. The smallest absolute Gasteiger partial charge is 0.338 e. The van der Waals surface area contributed by atoms with Crippen molar-refractivity contribution in [3.63, 3.8) is 0 Å². The number of ketones is 1. The van der Waals surface area contributed by atoms with E-state index in [1.54, 1.807) is 30.3 Å². The van der Waals surface area contributed by atoms with Crippen molar-refractivity contribution in [3.8, 4) is 0 Å².